The maximum absolute atomic E-state index is 2.40. The molecule has 0 nitrogen and oxygen atoms in total. The summed E-state index contributed by atoms with van der Waals surface area (Å²) in [4.78, 5) is 0. The molecule has 16 heavy (non-hydrogen) atoms. The van der Waals surface area contributed by atoms with Crippen molar-refractivity contribution in [3.05, 3.63) is 34.9 Å². The molecule has 0 heteroatoms. The van der Waals surface area contributed by atoms with Crippen LogP contribution in [0.15, 0.2) is 18.2 Å². The van der Waals surface area contributed by atoms with Crippen molar-refractivity contribution in [2.75, 3.05) is 0 Å². The highest BCUT2D eigenvalue weighted by Gasteiger charge is 2.20. The summed E-state index contributed by atoms with van der Waals surface area (Å²) in [6.45, 7) is 9.15. The first kappa shape index (κ1) is 11.7. The van der Waals surface area contributed by atoms with E-state index in [1.54, 1.807) is 5.56 Å². The van der Waals surface area contributed by atoms with Crippen molar-refractivity contribution < 1.29 is 0 Å². The van der Waals surface area contributed by atoms with E-state index in [9.17, 15) is 0 Å². The second kappa shape index (κ2) is 4.24. The van der Waals surface area contributed by atoms with Gasteiger partial charge in [-0.05, 0) is 47.8 Å². The van der Waals surface area contributed by atoms with Crippen molar-refractivity contribution in [2.24, 2.45) is 0 Å². The van der Waals surface area contributed by atoms with Gasteiger partial charge in [-0.1, -0.05) is 51.8 Å². The van der Waals surface area contributed by atoms with Crippen molar-refractivity contribution in [1.29, 1.82) is 0 Å². The molecule has 1 aliphatic rings. The summed E-state index contributed by atoms with van der Waals surface area (Å²) in [6, 6.07) is 7.11. The molecule has 0 aliphatic heterocycles. The third-order valence-electron chi connectivity index (χ3n) is 3.93. The molecule has 0 aromatic heterocycles. The lowest BCUT2D eigenvalue weighted by Gasteiger charge is -2.22. The first-order valence-electron chi connectivity index (χ1n) is 6.59. The topological polar surface area (TPSA) is 0 Å². The largest absolute Gasteiger partial charge is 0.0582 e. The SMILES string of the molecule is Cc1cc(C(C)(C)C)ccc1C1CCCC1. The fraction of sp³-hybridized carbons (Fsp3) is 0.625. The molecule has 1 saturated carbocycles. The highest BCUT2D eigenvalue weighted by atomic mass is 14.3. The summed E-state index contributed by atoms with van der Waals surface area (Å²) in [5.41, 5.74) is 4.84. The minimum atomic E-state index is 0.277. The van der Waals surface area contributed by atoms with Crippen LogP contribution in [0.4, 0.5) is 0 Å². The van der Waals surface area contributed by atoms with Crippen LogP contribution in [0.2, 0.25) is 0 Å². The van der Waals surface area contributed by atoms with Crippen molar-refractivity contribution in [3.63, 3.8) is 0 Å². The van der Waals surface area contributed by atoms with E-state index in [1.807, 2.05) is 0 Å². The molecule has 0 radical (unpaired) electrons. The molecular weight excluding hydrogens is 192 g/mol. The Labute approximate surface area is 100 Å². The summed E-state index contributed by atoms with van der Waals surface area (Å²) in [5, 5.41) is 0. The third kappa shape index (κ3) is 2.31. The summed E-state index contributed by atoms with van der Waals surface area (Å²) in [6.07, 6.45) is 5.64. The van der Waals surface area contributed by atoms with E-state index in [2.05, 4.69) is 45.9 Å². The molecule has 2 rings (SSSR count). The Kier molecular flexibility index (Phi) is 3.10. The van der Waals surface area contributed by atoms with Gasteiger partial charge < -0.3 is 0 Å². The second-order valence-corrected chi connectivity index (χ2v) is 6.30. The number of hydrogen-bond acceptors (Lipinski definition) is 0. The van der Waals surface area contributed by atoms with Gasteiger partial charge in [-0.15, -0.1) is 0 Å². The lowest BCUT2D eigenvalue weighted by Crippen LogP contribution is -2.11. The monoisotopic (exact) mass is 216 g/mol. The van der Waals surface area contributed by atoms with Crippen LogP contribution in [0.3, 0.4) is 0 Å². The van der Waals surface area contributed by atoms with Crippen LogP contribution in [0.25, 0.3) is 0 Å². The first-order valence-corrected chi connectivity index (χ1v) is 6.59. The van der Waals surface area contributed by atoms with Crippen molar-refractivity contribution in [3.8, 4) is 0 Å². The van der Waals surface area contributed by atoms with Gasteiger partial charge in [0.05, 0.1) is 0 Å². The summed E-state index contributed by atoms with van der Waals surface area (Å²) >= 11 is 0. The Morgan fingerprint density at radius 2 is 1.69 bits per heavy atom. The van der Waals surface area contributed by atoms with Crippen LogP contribution < -0.4 is 0 Å². The predicted octanol–water partition coefficient (Wildman–Crippen LogP) is 4.95. The van der Waals surface area contributed by atoms with Gasteiger partial charge in [0, 0.05) is 0 Å². The molecule has 0 amide bonds. The van der Waals surface area contributed by atoms with E-state index in [0.29, 0.717) is 0 Å². The van der Waals surface area contributed by atoms with Gasteiger partial charge in [0.2, 0.25) is 0 Å². The van der Waals surface area contributed by atoms with E-state index in [-0.39, 0.29) is 5.41 Å². The maximum atomic E-state index is 2.40. The molecule has 0 unspecified atom stereocenters. The van der Waals surface area contributed by atoms with Crippen LogP contribution in [-0.4, -0.2) is 0 Å². The molecule has 0 atom stereocenters. The molecule has 1 aliphatic carbocycles. The van der Waals surface area contributed by atoms with Crippen LogP contribution in [0.1, 0.15) is 69.1 Å². The van der Waals surface area contributed by atoms with E-state index < -0.39 is 0 Å². The van der Waals surface area contributed by atoms with Gasteiger partial charge in [-0.25, -0.2) is 0 Å². The fourth-order valence-corrected chi connectivity index (χ4v) is 2.84. The van der Waals surface area contributed by atoms with Gasteiger partial charge in [0.25, 0.3) is 0 Å². The Bertz CT molecular complexity index is 362. The lowest BCUT2D eigenvalue weighted by molar-refractivity contribution is 0.588. The number of rotatable bonds is 1. The highest BCUT2D eigenvalue weighted by Crippen LogP contribution is 2.36. The standard InChI is InChI=1S/C16H24/c1-12-11-14(16(2,3)4)9-10-15(12)13-7-5-6-8-13/h9-11,13H,5-8H2,1-4H3. The Hall–Kier alpha value is -0.780. The van der Waals surface area contributed by atoms with Crippen molar-refractivity contribution in [1.82, 2.24) is 0 Å². The van der Waals surface area contributed by atoms with Crippen LogP contribution in [0.5, 0.6) is 0 Å². The zero-order chi connectivity index (χ0) is 11.8. The molecule has 0 N–H and O–H groups in total. The van der Waals surface area contributed by atoms with Gasteiger partial charge in [-0.3, -0.25) is 0 Å². The van der Waals surface area contributed by atoms with E-state index in [4.69, 9.17) is 0 Å². The van der Waals surface area contributed by atoms with Crippen LogP contribution >= 0.6 is 0 Å². The summed E-state index contributed by atoms with van der Waals surface area (Å²) < 4.78 is 0. The van der Waals surface area contributed by atoms with Crippen LogP contribution in [-0.2, 0) is 5.41 Å². The summed E-state index contributed by atoms with van der Waals surface area (Å²) in [7, 11) is 0. The number of benzene rings is 1. The molecule has 1 aromatic carbocycles. The van der Waals surface area contributed by atoms with Gasteiger partial charge in [0.15, 0.2) is 0 Å². The molecule has 88 valence electrons. The Morgan fingerprint density at radius 3 is 2.19 bits per heavy atom. The third-order valence-corrected chi connectivity index (χ3v) is 3.93. The zero-order valence-electron chi connectivity index (χ0n) is 11.1. The zero-order valence-corrected chi connectivity index (χ0v) is 11.1. The molecular formula is C16H24. The minimum absolute atomic E-state index is 0.277. The molecule has 0 heterocycles. The fourth-order valence-electron chi connectivity index (χ4n) is 2.84. The molecule has 0 spiro atoms. The molecule has 0 bridgehead atoms. The quantitative estimate of drug-likeness (QED) is 0.623. The van der Waals surface area contributed by atoms with E-state index in [0.717, 1.165) is 5.92 Å². The smallest absolute Gasteiger partial charge is 0.0132 e. The lowest BCUT2D eigenvalue weighted by atomic mass is 9.83. The predicted molar refractivity (Wildman–Crippen MR) is 71.1 cm³/mol. The van der Waals surface area contributed by atoms with Crippen molar-refractivity contribution in [2.45, 2.75) is 64.7 Å². The number of hydrogen-bond donors (Lipinski definition) is 0. The first-order chi connectivity index (χ1) is 7.48. The Morgan fingerprint density at radius 1 is 1.06 bits per heavy atom. The van der Waals surface area contributed by atoms with Crippen molar-refractivity contribution >= 4 is 0 Å². The molecule has 1 aromatic rings. The maximum Gasteiger partial charge on any atom is -0.0132 e. The molecule has 1 fully saturated rings. The average molecular weight is 216 g/mol. The van der Waals surface area contributed by atoms with Gasteiger partial charge in [-0.2, -0.15) is 0 Å². The Balaban J connectivity index is 2.29. The second-order valence-electron chi connectivity index (χ2n) is 6.30. The normalized spacial score (nSPS) is 18.0. The average Bonchev–Trinajstić information content (AvgIpc) is 2.69. The number of aryl methyl sites for hydroxylation is 1. The van der Waals surface area contributed by atoms with Gasteiger partial charge in [0.1, 0.15) is 0 Å². The highest BCUT2D eigenvalue weighted by molar-refractivity contribution is 5.36. The summed E-state index contributed by atoms with van der Waals surface area (Å²) in [5.74, 6) is 0.842. The molecule has 0 saturated heterocycles. The van der Waals surface area contributed by atoms with E-state index in [1.165, 1.54) is 36.8 Å². The van der Waals surface area contributed by atoms with Gasteiger partial charge >= 0.3 is 0 Å². The van der Waals surface area contributed by atoms with Crippen LogP contribution in [0, 0.1) is 6.92 Å². The van der Waals surface area contributed by atoms with E-state index >= 15 is 0 Å². The minimum Gasteiger partial charge on any atom is -0.0582 e.